The average Bonchev–Trinajstić information content (AvgIpc) is 2.62. The summed E-state index contributed by atoms with van der Waals surface area (Å²) in [5, 5.41) is 3.48. The number of nitrogens with one attached hydrogen (secondary N) is 1. The third-order valence-corrected chi connectivity index (χ3v) is 5.53. The molecular formula is C20H28N2O2S. The van der Waals surface area contributed by atoms with Gasteiger partial charge in [0.15, 0.2) is 9.84 Å². The first-order chi connectivity index (χ1) is 11.9. The van der Waals surface area contributed by atoms with Crippen LogP contribution in [0.2, 0.25) is 0 Å². The van der Waals surface area contributed by atoms with Crippen LogP contribution in [0.15, 0.2) is 53.4 Å². The van der Waals surface area contributed by atoms with Crippen molar-refractivity contribution in [2.45, 2.75) is 25.3 Å². The van der Waals surface area contributed by atoms with Crippen molar-refractivity contribution in [2.75, 3.05) is 32.4 Å². The van der Waals surface area contributed by atoms with E-state index in [0.717, 1.165) is 43.9 Å². The molecular weight excluding hydrogens is 332 g/mol. The van der Waals surface area contributed by atoms with Crippen LogP contribution in [0.3, 0.4) is 0 Å². The Kier molecular flexibility index (Phi) is 7.17. The van der Waals surface area contributed by atoms with E-state index in [1.165, 1.54) is 11.8 Å². The molecule has 1 N–H and O–H groups in total. The Bertz CT molecular complexity index is 749. The summed E-state index contributed by atoms with van der Waals surface area (Å²) in [7, 11) is -3.14. The lowest BCUT2D eigenvalue weighted by molar-refractivity contribution is 0.302. The van der Waals surface area contributed by atoms with E-state index in [1.807, 2.05) is 12.1 Å². The van der Waals surface area contributed by atoms with E-state index in [1.54, 1.807) is 12.1 Å². The topological polar surface area (TPSA) is 49.4 Å². The summed E-state index contributed by atoms with van der Waals surface area (Å²) >= 11 is 0. The molecule has 0 fully saturated rings. The summed E-state index contributed by atoms with van der Waals surface area (Å²) < 4.78 is 23.0. The molecule has 5 heteroatoms. The first kappa shape index (κ1) is 19.6. The van der Waals surface area contributed by atoms with Gasteiger partial charge in [0, 0.05) is 25.9 Å². The molecule has 0 saturated heterocycles. The van der Waals surface area contributed by atoms with Crippen LogP contribution in [-0.2, 0) is 16.4 Å². The number of rotatable bonds is 9. The van der Waals surface area contributed by atoms with Crippen LogP contribution in [-0.4, -0.2) is 45.8 Å². The van der Waals surface area contributed by atoms with E-state index in [4.69, 9.17) is 0 Å². The number of hydrogen-bond donors (Lipinski definition) is 1. The largest absolute Gasteiger partial charge is 0.311 e. The molecule has 0 atom stereocenters. The lowest BCUT2D eigenvalue weighted by atomic mass is 10.0. The maximum Gasteiger partial charge on any atom is 0.175 e. The molecule has 0 amide bonds. The minimum atomic E-state index is -3.14. The number of nitrogens with zero attached hydrogens (tertiary/aromatic N) is 1. The third-order valence-electron chi connectivity index (χ3n) is 4.40. The van der Waals surface area contributed by atoms with Crippen molar-refractivity contribution in [1.82, 2.24) is 10.2 Å². The molecule has 0 heterocycles. The van der Waals surface area contributed by atoms with E-state index < -0.39 is 9.84 Å². The zero-order chi connectivity index (χ0) is 18.3. The molecule has 0 aliphatic rings. The molecule has 0 aliphatic heterocycles. The van der Waals surface area contributed by atoms with Crippen molar-refractivity contribution in [2.24, 2.45) is 0 Å². The van der Waals surface area contributed by atoms with Crippen LogP contribution in [0.4, 0.5) is 0 Å². The van der Waals surface area contributed by atoms with Crippen molar-refractivity contribution in [3.63, 3.8) is 0 Å². The Hall–Kier alpha value is -1.69. The molecule has 0 unspecified atom stereocenters. The number of likely N-dealkylation sites (N-methyl/N-ethyl adjacent to an activating group) is 1. The highest BCUT2D eigenvalue weighted by molar-refractivity contribution is 7.90. The smallest absolute Gasteiger partial charge is 0.175 e. The first-order valence-corrected chi connectivity index (χ1v) is 10.7. The Morgan fingerprint density at radius 1 is 0.880 bits per heavy atom. The van der Waals surface area contributed by atoms with Gasteiger partial charge in [-0.3, -0.25) is 0 Å². The van der Waals surface area contributed by atoms with Gasteiger partial charge in [0.25, 0.3) is 0 Å². The average molecular weight is 361 g/mol. The van der Waals surface area contributed by atoms with E-state index >= 15 is 0 Å². The monoisotopic (exact) mass is 360 g/mol. The van der Waals surface area contributed by atoms with Crippen LogP contribution in [0.1, 0.15) is 19.4 Å². The molecule has 136 valence electrons. The Balaban J connectivity index is 1.91. The molecule has 2 aromatic rings. The van der Waals surface area contributed by atoms with Crippen molar-refractivity contribution >= 4 is 9.84 Å². The van der Waals surface area contributed by atoms with Gasteiger partial charge in [0.05, 0.1) is 4.90 Å². The molecule has 0 aliphatic carbocycles. The minimum absolute atomic E-state index is 0.352. The highest BCUT2D eigenvalue weighted by atomic mass is 32.2. The highest BCUT2D eigenvalue weighted by Crippen LogP contribution is 2.21. The molecule has 25 heavy (non-hydrogen) atoms. The van der Waals surface area contributed by atoms with E-state index in [0.29, 0.717) is 4.90 Å². The second-order valence-electron chi connectivity index (χ2n) is 6.20. The maximum absolute atomic E-state index is 11.5. The molecule has 2 rings (SSSR count). The fourth-order valence-corrected chi connectivity index (χ4v) is 3.35. The summed E-state index contributed by atoms with van der Waals surface area (Å²) in [6.45, 7) is 9.45. The predicted octanol–water partition coefficient (Wildman–Crippen LogP) is 3.19. The van der Waals surface area contributed by atoms with Gasteiger partial charge in [-0.2, -0.15) is 0 Å². The van der Waals surface area contributed by atoms with E-state index in [2.05, 4.69) is 48.3 Å². The fraction of sp³-hybridized carbons (Fsp3) is 0.400. The normalized spacial score (nSPS) is 11.8. The van der Waals surface area contributed by atoms with E-state index in [-0.39, 0.29) is 0 Å². The van der Waals surface area contributed by atoms with Gasteiger partial charge in [0.1, 0.15) is 0 Å². The van der Waals surface area contributed by atoms with Crippen molar-refractivity contribution in [3.05, 3.63) is 54.1 Å². The van der Waals surface area contributed by atoms with Gasteiger partial charge in [-0.1, -0.05) is 50.2 Å². The van der Waals surface area contributed by atoms with Gasteiger partial charge in [-0.05, 0) is 41.9 Å². The van der Waals surface area contributed by atoms with Crippen molar-refractivity contribution in [3.8, 4) is 11.1 Å². The van der Waals surface area contributed by atoms with Crippen LogP contribution >= 0.6 is 0 Å². The Morgan fingerprint density at radius 3 is 1.88 bits per heavy atom. The Morgan fingerprint density at radius 2 is 1.40 bits per heavy atom. The number of benzene rings is 2. The van der Waals surface area contributed by atoms with Crippen LogP contribution in [0.25, 0.3) is 11.1 Å². The fourth-order valence-electron chi connectivity index (χ4n) is 2.72. The molecule has 0 saturated carbocycles. The third kappa shape index (κ3) is 5.96. The second kappa shape index (κ2) is 9.13. The molecule has 4 nitrogen and oxygen atoms in total. The summed E-state index contributed by atoms with van der Waals surface area (Å²) in [6.07, 6.45) is 1.23. The minimum Gasteiger partial charge on any atom is -0.311 e. The SMILES string of the molecule is CCN(CC)CCNCc1ccc(-c2ccc(S(C)(=O)=O)cc2)cc1. The lowest BCUT2D eigenvalue weighted by Crippen LogP contribution is -2.31. The molecule has 0 radical (unpaired) electrons. The molecule has 0 bridgehead atoms. The van der Waals surface area contributed by atoms with Gasteiger partial charge in [-0.25, -0.2) is 8.42 Å². The molecule has 0 spiro atoms. The van der Waals surface area contributed by atoms with Gasteiger partial charge < -0.3 is 10.2 Å². The summed E-state index contributed by atoms with van der Waals surface area (Å²) in [4.78, 5) is 2.75. The zero-order valence-corrected chi connectivity index (χ0v) is 16.1. The quantitative estimate of drug-likeness (QED) is 0.698. The van der Waals surface area contributed by atoms with Crippen molar-refractivity contribution in [1.29, 1.82) is 0 Å². The Labute approximate surface area is 151 Å². The van der Waals surface area contributed by atoms with Crippen LogP contribution < -0.4 is 5.32 Å². The predicted molar refractivity (Wildman–Crippen MR) is 104 cm³/mol. The summed E-state index contributed by atoms with van der Waals surface area (Å²) in [6, 6.07) is 15.4. The standard InChI is InChI=1S/C20H28N2O2S/c1-4-22(5-2)15-14-21-16-17-6-8-18(9-7-17)19-10-12-20(13-11-19)25(3,23)24/h6-13,21H,4-5,14-16H2,1-3H3. The number of sulfone groups is 1. The van der Waals surface area contributed by atoms with Gasteiger partial charge in [-0.15, -0.1) is 0 Å². The molecule has 2 aromatic carbocycles. The lowest BCUT2D eigenvalue weighted by Gasteiger charge is -2.18. The van der Waals surface area contributed by atoms with Crippen LogP contribution in [0, 0.1) is 0 Å². The molecule has 0 aromatic heterocycles. The second-order valence-corrected chi connectivity index (χ2v) is 8.21. The summed E-state index contributed by atoms with van der Waals surface area (Å²) in [5.74, 6) is 0. The van der Waals surface area contributed by atoms with Crippen molar-refractivity contribution < 1.29 is 8.42 Å². The zero-order valence-electron chi connectivity index (χ0n) is 15.3. The summed E-state index contributed by atoms with van der Waals surface area (Å²) in [5.41, 5.74) is 3.36. The van der Waals surface area contributed by atoms with Gasteiger partial charge in [0.2, 0.25) is 0 Å². The number of hydrogen-bond acceptors (Lipinski definition) is 4. The van der Waals surface area contributed by atoms with Gasteiger partial charge >= 0.3 is 0 Å². The maximum atomic E-state index is 11.5. The highest BCUT2D eigenvalue weighted by Gasteiger charge is 2.07. The van der Waals surface area contributed by atoms with Crippen LogP contribution in [0.5, 0.6) is 0 Å². The first-order valence-electron chi connectivity index (χ1n) is 8.76. The van der Waals surface area contributed by atoms with E-state index in [9.17, 15) is 8.42 Å².